The van der Waals surface area contributed by atoms with Gasteiger partial charge >= 0.3 is 0 Å². The molecular weight excluding hydrogens is 444 g/mol. The van der Waals surface area contributed by atoms with Crippen molar-refractivity contribution < 1.29 is 9.53 Å². The molecule has 6 nitrogen and oxygen atoms in total. The number of ether oxygens (including phenoxy) is 1. The van der Waals surface area contributed by atoms with Gasteiger partial charge in [0.1, 0.15) is 18.2 Å². The highest BCUT2D eigenvalue weighted by atomic mass is 35.5. The number of anilines is 1. The predicted octanol–water partition coefficient (Wildman–Crippen LogP) is 4.63. The molecule has 0 saturated heterocycles. The van der Waals surface area contributed by atoms with Gasteiger partial charge in [-0.15, -0.1) is 11.3 Å². The lowest BCUT2D eigenvalue weighted by molar-refractivity contribution is 0.0955. The number of pyridine rings is 1. The lowest BCUT2D eigenvalue weighted by atomic mass is 10.1. The summed E-state index contributed by atoms with van der Waals surface area (Å²) in [5.74, 6) is 1.19. The fourth-order valence-corrected chi connectivity index (χ4v) is 4.52. The molecule has 0 aliphatic carbocycles. The first-order chi connectivity index (χ1) is 15.6. The van der Waals surface area contributed by atoms with E-state index in [-0.39, 0.29) is 5.91 Å². The standard InChI is InChI=1S/C24H23ClN4O2S/c25-20-13-21(32-22(20)15-27-10-11-31-18-4-2-1-3-5-18)24(30)29-14-16-6-7-19-17(12-16)8-9-28-23(19)26/h1-9,12-13,27H,10-11,14-15H2,(H2,26,28)(H,29,30). The largest absolute Gasteiger partial charge is 0.492 e. The van der Waals surface area contributed by atoms with Crippen LogP contribution in [0.15, 0.2) is 66.9 Å². The summed E-state index contributed by atoms with van der Waals surface area (Å²) in [5, 5.41) is 8.74. The fraction of sp³-hybridized carbons (Fsp3) is 0.167. The number of nitrogens with two attached hydrogens (primary N) is 1. The summed E-state index contributed by atoms with van der Waals surface area (Å²) in [6.07, 6.45) is 1.68. The molecule has 4 rings (SSSR count). The molecule has 0 atom stereocenters. The number of fused-ring (bicyclic) bond motifs is 1. The summed E-state index contributed by atoms with van der Waals surface area (Å²) in [7, 11) is 0. The zero-order valence-corrected chi connectivity index (χ0v) is 18.9. The number of halogens is 1. The second-order valence-corrected chi connectivity index (χ2v) is 8.70. The molecule has 8 heteroatoms. The van der Waals surface area contributed by atoms with Gasteiger partial charge in [-0.25, -0.2) is 4.98 Å². The third-order valence-electron chi connectivity index (χ3n) is 4.87. The highest BCUT2D eigenvalue weighted by molar-refractivity contribution is 7.14. The van der Waals surface area contributed by atoms with E-state index in [9.17, 15) is 4.79 Å². The Kier molecular flexibility index (Phi) is 7.21. The molecule has 2 aromatic carbocycles. The number of amides is 1. The van der Waals surface area contributed by atoms with Crippen LogP contribution in [0.4, 0.5) is 5.82 Å². The number of hydrogen-bond donors (Lipinski definition) is 3. The van der Waals surface area contributed by atoms with Crippen LogP contribution in [0.1, 0.15) is 20.1 Å². The maximum absolute atomic E-state index is 12.6. The highest BCUT2D eigenvalue weighted by Gasteiger charge is 2.13. The van der Waals surface area contributed by atoms with Crippen molar-refractivity contribution in [2.75, 3.05) is 18.9 Å². The van der Waals surface area contributed by atoms with Crippen LogP contribution < -0.4 is 21.1 Å². The highest BCUT2D eigenvalue weighted by Crippen LogP contribution is 2.27. The molecule has 0 bridgehead atoms. The Morgan fingerprint density at radius 3 is 2.78 bits per heavy atom. The number of aromatic nitrogens is 1. The van der Waals surface area contributed by atoms with Crippen molar-refractivity contribution in [1.29, 1.82) is 0 Å². The molecule has 0 spiro atoms. The summed E-state index contributed by atoms with van der Waals surface area (Å²) in [6.45, 7) is 2.21. The van der Waals surface area contributed by atoms with Crippen molar-refractivity contribution in [2.45, 2.75) is 13.1 Å². The number of para-hydroxylation sites is 1. The smallest absolute Gasteiger partial charge is 0.261 e. The van der Waals surface area contributed by atoms with Gasteiger partial charge in [0.15, 0.2) is 0 Å². The molecule has 0 aliphatic heterocycles. The Labute approximate surface area is 195 Å². The van der Waals surface area contributed by atoms with E-state index in [1.54, 1.807) is 12.3 Å². The summed E-state index contributed by atoms with van der Waals surface area (Å²) in [5.41, 5.74) is 6.88. The third kappa shape index (κ3) is 5.56. The van der Waals surface area contributed by atoms with E-state index in [2.05, 4.69) is 15.6 Å². The van der Waals surface area contributed by atoms with Crippen LogP contribution in [-0.2, 0) is 13.1 Å². The van der Waals surface area contributed by atoms with Crippen LogP contribution in [0.25, 0.3) is 10.8 Å². The van der Waals surface area contributed by atoms with Crippen molar-refractivity contribution >= 4 is 45.4 Å². The van der Waals surface area contributed by atoms with Gasteiger partial charge in [-0.05, 0) is 41.3 Å². The quantitative estimate of drug-likeness (QED) is 0.313. The molecule has 1 amide bonds. The summed E-state index contributed by atoms with van der Waals surface area (Å²) in [4.78, 5) is 18.2. The maximum atomic E-state index is 12.6. The van der Waals surface area contributed by atoms with Crippen molar-refractivity contribution in [1.82, 2.24) is 15.6 Å². The predicted molar refractivity (Wildman–Crippen MR) is 130 cm³/mol. The first-order valence-corrected chi connectivity index (χ1v) is 11.4. The van der Waals surface area contributed by atoms with Gasteiger partial charge in [0.05, 0.1) is 9.90 Å². The van der Waals surface area contributed by atoms with Crippen LogP contribution in [-0.4, -0.2) is 24.0 Å². The SMILES string of the molecule is Nc1nccc2cc(CNC(=O)c3cc(Cl)c(CNCCOc4ccccc4)s3)ccc12. The van der Waals surface area contributed by atoms with Gasteiger partial charge in [-0.1, -0.05) is 41.9 Å². The molecular formula is C24H23ClN4O2S. The molecule has 2 aromatic heterocycles. The second-order valence-electron chi connectivity index (χ2n) is 7.15. The van der Waals surface area contributed by atoms with Crippen LogP contribution in [0.3, 0.4) is 0 Å². The molecule has 0 unspecified atom stereocenters. The Morgan fingerprint density at radius 2 is 1.94 bits per heavy atom. The molecule has 0 radical (unpaired) electrons. The molecule has 0 saturated carbocycles. The Morgan fingerprint density at radius 1 is 1.09 bits per heavy atom. The van der Waals surface area contributed by atoms with E-state index < -0.39 is 0 Å². The van der Waals surface area contributed by atoms with Gasteiger partial charge in [0, 0.05) is 36.1 Å². The van der Waals surface area contributed by atoms with E-state index in [0.29, 0.717) is 42.0 Å². The number of nitrogens with one attached hydrogen (secondary N) is 2. The minimum absolute atomic E-state index is 0.148. The number of nitrogens with zero attached hydrogens (tertiary/aromatic N) is 1. The molecule has 0 aliphatic rings. The molecule has 32 heavy (non-hydrogen) atoms. The average molecular weight is 467 g/mol. The zero-order chi connectivity index (χ0) is 22.3. The molecule has 2 heterocycles. The minimum atomic E-state index is -0.148. The van der Waals surface area contributed by atoms with E-state index >= 15 is 0 Å². The topological polar surface area (TPSA) is 89.3 Å². The normalized spacial score (nSPS) is 10.9. The first kappa shape index (κ1) is 22.1. The number of carbonyl (C=O) groups excluding carboxylic acids is 1. The van der Waals surface area contributed by atoms with Crippen LogP contribution in [0.2, 0.25) is 5.02 Å². The molecule has 4 aromatic rings. The van der Waals surface area contributed by atoms with Crippen molar-refractivity contribution in [3.8, 4) is 5.75 Å². The summed E-state index contributed by atoms with van der Waals surface area (Å²) < 4.78 is 5.66. The van der Waals surface area contributed by atoms with Crippen LogP contribution in [0.5, 0.6) is 5.75 Å². The van der Waals surface area contributed by atoms with Gasteiger partial charge < -0.3 is 21.1 Å². The number of thiophene rings is 1. The van der Waals surface area contributed by atoms with Crippen LogP contribution in [0, 0.1) is 0 Å². The average Bonchev–Trinajstić information content (AvgIpc) is 3.18. The van der Waals surface area contributed by atoms with Gasteiger partial charge in [-0.2, -0.15) is 0 Å². The summed E-state index contributed by atoms with van der Waals surface area (Å²) >= 11 is 7.73. The van der Waals surface area contributed by atoms with E-state index in [1.165, 1.54) is 11.3 Å². The first-order valence-electron chi connectivity index (χ1n) is 10.2. The maximum Gasteiger partial charge on any atom is 0.261 e. The number of nitrogen functional groups attached to an aromatic ring is 1. The lowest BCUT2D eigenvalue weighted by Crippen LogP contribution is -2.21. The Bertz CT molecular complexity index is 1210. The van der Waals surface area contributed by atoms with Crippen LogP contribution >= 0.6 is 22.9 Å². The molecule has 0 fully saturated rings. The molecule has 4 N–H and O–H groups in total. The number of benzene rings is 2. The number of carbonyl (C=O) groups is 1. The monoisotopic (exact) mass is 466 g/mol. The van der Waals surface area contributed by atoms with Gasteiger partial charge in [0.25, 0.3) is 5.91 Å². The van der Waals surface area contributed by atoms with Crippen molar-refractivity contribution in [3.63, 3.8) is 0 Å². The Hall–Kier alpha value is -3.13. The van der Waals surface area contributed by atoms with E-state index in [0.717, 1.165) is 27.0 Å². The van der Waals surface area contributed by atoms with E-state index in [1.807, 2.05) is 54.6 Å². The van der Waals surface area contributed by atoms with E-state index in [4.69, 9.17) is 22.1 Å². The second kappa shape index (κ2) is 10.5. The summed E-state index contributed by atoms with van der Waals surface area (Å²) in [6, 6.07) is 19.2. The third-order valence-corrected chi connectivity index (χ3v) is 6.45. The van der Waals surface area contributed by atoms with Gasteiger partial charge in [-0.3, -0.25) is 4.79 Å². The van der Waals surface area contributed by atoms with Crippen molar-refractivity contribution in [2.24, 2.45) is 0 Å². The molecule has 164 valence electrons. The Balaban J connectivity index is 1.27. The lowest BCUT2D eigenvalue weighted by Gasteiger charge is -2.07. The number of rotatable bonds is 9. The number of hydrogen-bond acceptors (Lipinski definition) is 6. The van der Waals surface area contributed by atoms with Gasteiger partial charge in [0.2, 0.25) is 0 Å². The zero-order valence-electron chi connectivity index (χ0n) is 17.3. The fourth-order valence-electron chi connectivity index (χ4n) is 3.23. The van der Waals surface area contributed by atoms with Crippen molar-refractivity contribution in [3.05, 3.63) is 87.2 Å². The minimum Gasteiger partial charge on any atom is -0.492 e.